The van der Waals surface area contributed by atoms with Gasteiger partial charge in [-0.3, -0.25) is 0 Å². The van der Waals surface area contributed by atoms with Crippen LogP contribution in [0.2, 0.25) is 0 Å². The lowest BCUT2D eigenvalue weighted by molar-refractivity contribution is 1.53. The fourth-order valence-electron chi connectivity index (χ4n) is 2.77. The van der Waals surface area contributed by atoms with Gasteiger partial charge in [0.05, 0.1) is 0 Å². The Morgan fingerprint density at radius 3 is 1.18 bits per heavy atom. The average Bonchev–Trinajstić information content (AvgIpc) is 2.57. The third-order valence-electron chi connectivity index (χ3n) is 4.02. The SMILES string of the molecule is Cc1cccc2ccccc12.Cc1cccc2ccccc12. The van der Waals surface area contributed by atoms with Crippen molar-refractivity contribution in [3.63, 3.8) is 0 Å². The lowest BCUT2D eigenvalue weighted by atomic mass is 10.1. The summed E-state index contributed by atoms with van der Waals surface area (Å²) < 4.78 is 0. The third kappa shape index (κ3) is 3.01. The smallest absolute Gasteiger partial charge is 0.0155 e. The first kappa shape index (κ1) is 14.3. The molecule has 0 amide bonds. The molecule has 0 nitrogen and oxygen atoms in total. The van der Waals surface area contributed by atoms with Crippen LogP contribution in [0.25, 0.3) is 21.5 Å². The largest absolute Gasteiger partial charge is 0.0616 e. The number of aryl methyl sites for hydroxylation is 2. The van der Waals surface area contributed by atoms with Gasteiger partial charge in [0.15, 0.2) is 0 Å². The van der Waals surface area contributed by atoms with Crippen LogP contribution >= 0.6 is 0 Å². The summed E-state index contributed by atoms with van der Waals surface area (Å²) in [5, 5.41) is 5.37. The van der Waals surface area contributed by atoms with Gasteiger partial charge < -0.3 is 0 Å². The van der Waals surface area contributed by atoms with Crippen LogP contribution < -0.4 is 0 Å². The van der Waals surface area contributed by atoms with E-state index in [1.54, 1.807) is 0 Å². The van der Waals surface area contributed by atoms with Crippen LogP contribution in [0.4, 0.5) is 0 Å². The molecule has 0 aromatic heterocycles. The van der Waals surface area contributed by atoms with Crippen LogP contribution in [0.15, 0.2) is 84.9 Å². The summed E-state index contributed by atoms with van der Waals surface area (Å²) in [6, 6.07) is 29.7. The van der Waals surface area contributed by atoms with E-state index in [2.05, 4.69) is 98.8 Å². The van der Waals surface area contributed by atoms with E-state index in [4.69, 9.17) is 0 Å². The summed E-state index contributed by atoms with van der Waals surface area (Å²) in [7, 11) is 0. The predicted octanol–water partition coefficient (Wildman–Crippen LogP) is 6.30. The zero-order valence-corrected chi connectivity index (χ0v) is 13.1. The topological polar surface area (TPSA) is 0 Å². The minimum Gasteiger partial charge on any atom is -0.0616 e. The van der Waals surface area contributed by atoms with Crippen molar-refractivity contribution in [1.82, 2.24) is 0 Å². The molecule has 0 aliphatic heterocycles. The van der Waals surface area contributed by atoms with Crippen molar-refractivity contribution in [1.29, 1.82) is 0 Å². The highest BCUT2D eigenvalue weighted by atomic mass is 14.0. The average molecular weight is 284 g/mol. The second-order valence-corrected chi connectivity index (χ2v) is 5.59. The second kappa shape index (κ2) is 6.44. The maximum atomic E-state index is 2.16. The van der Waals surface area contributed by atoms with E-state index in [0.717, 1.165) is 0 Å². The van der Waals surface area contributed by atoms with E-state index >= 15 is 0 Å². The first-order valence-electron chi connectivity index (χ1n) is 7.64. The maximum absolute atomic E-state index is 2.16. The van der Waals surface area contributed by atoms with E-state index in [0.29, 0.717) is 0 Å². The monoisotopic (exact) mass is 284 g/mol. The summed E-state index contributed by atoms with van der Waals surface area (Å²) in [5.41, 5.74) is 2.70. The van der Waals surface area contributed by atoms with Crippen molar-refractivity contribution in [2.45, 2.75) is 13.8 Å². The summed E-state index contributed by atoms with van der Waals surface area (Å²) in [6.07, 6.45) is 0. The van der Waals surface area contributed by atoms with Gasteiger partial charge in [-0.2, -0.15) is 0 Å². The quantitative estimate of drug-likeness (QED) is 0.355. The fraction of sp³-hybridized carbons (Fsp3) is 0.0909. The van der Waals surface area contributed by atoms with Crippen LogP contribution in [-0.2, 0) is 0 Å². The third-order valence-corrected chi connectivity index (χ3v) is 4.02. The molecule has 4 rings (SSSR count). The highest BCUT2D eigenvalue weighted by Gasteiger charge is 1.92. The summed E-state index contributed by atoms with van der Waals surface area (Å²) >= 11 is 0. The van der Waals surface area contributed by atoms with Gasteiger partial charge in [0.1, 0.15) is 0 Å². The zero-order chi connectivity index (χ0) is 15.4. The Kier molecular flexibility index (Phi) is 4.20. The molecule has 4 aromatic carbocycles. The van der Waals surface area contributed by atoms with Gasteiger partial charge in [-0.05, 0) is 46.5 Å². The van der Waals surface area contributed by atoms with Crippen molar-refractivity contribution in [2.75, 3.05) is 0 Å². The zero-order valence-electron chi connectivity index (χ0n) is 13.1. The van der Waals surface area contributed by atoms with Crippen molar-refractivity contribution >= 4 is 21.5 Å². The highest BCUT2D eigenvalue weighted by Crippen LogP contribution is 2.17. The number of benzene rings is 4. The van der Waals surface area contributed by atoms with Crippen LogP contribution in [0, 0.1) is 13.8 Å². The van der Waals surface area contributed by atoms with E-state index < -0.39 is 0 Å². The van der Waals surface area contributed by atoms with Gasteiger partial charge in [0.25, 0.3) is 0 Å². The molecule has 0 aliphatic carbocycles. The standard InChI is InChI=1S/2C11H10/c2*1-9-5-4-7-10-6-2-3-8-11(9)10/h2*2-8H,1H3. The molecule has 0 fully saturated rings. The minimum absolute atomic E-state index is 1.33. The molecule has 0 heterocycles. The number of hydrogen-bond donors (Lipinski definition) is 0. The van der Waals surface area contributed by atoms with Crippen LogP contribution in [-0.4, -0.2) is 0 Å². The molecular formula is C22H20. The first-order valence-corrected chi connectivity index (χ1v) is 7.64. The molecule has 108 valence electrons. The molecule has 0 N–H and O–H groups in total. The maximum Gasteiger partial charge on any atom is -0.0155 e. The van der Waals surface area contributed by atoms with Crippen molar-refractivity contribution in [3.8, 4) is 0 Å². The van der Waals surface area contributed by atoms with Crippen molar-refractivity contribution in [3.05, 3.63) is 96.1 Å². The van der Waals surface area contributed by atoms with Gasteiger partial charge in [-0.25, -0.2) is 0 Å². The van der Waals surface area contributed by atoms with E-state index in [9.17, 15) is 0 Å². The lowest BCUT2D eigenvalue weighted by Gasteiger charge is -1.98. The first-order chi connectivity index (χ1) is 10.8. The van der Waals surface area contributed by atoms with Gasteiger partial charge >= 0.3 is 0 Å². The Labute approximate surface area is 132 Å². The normalized spacial score (nSPS) is 10.3. The van der Waals surface area contributed by atoms with Crippen molar-refractivity contribution in [2.24, 2.45) is 0 Å². The Morgan fingerprint density at radius 1 is 0.409 bits per heavy atom. The Balaban J connectivity index is 0.000000131. The number of hydrogen-bond acceptors (Lipinski definition) is 0. The molecular weight excluding hydrogens is 264 g/mol. The summed E-state index contributed by atoms with van der Waals surface area (Å²) in [4.78, 5) is 0. The summed E-state index contributed by atoms with van der Waals surface area (Å²) in [5.74, 6) is 0. The lowest BCUT2D eigenvalue weighted by Crippen LogP contribution is -1.75. The highest BCUT2D eigenvalue weighted by molar-refractivity contribution is 5.85. The molecule has 0 radical (unpaired) electrons. The molecule has 0 atom stereocenters. The van der Waals surface area contributed by atoms with Crippen LogP contribution in [0.1, 0.15) is 11.1 Å². The Morgan fingerprint density at radius 2 is 0.773 bits per heavy atom. The molecule has 0 bridgehead atoms. The van der Waals surface area contributed by atoms with Gasteiger partial charge in [0, 0.05) is 0 Å². The van der Waals surface area contributed by atoms with E-state index in [1.165, 1.54) is 32.7 Å². The molecule has 0 unspecified atom stereocenters. The van der Waals surface area contributed by atoms with E-state index in [-0.39, 0.29) is 0 Å². The van der Waals surface area contributed by atoms with Gasteiger partial charge in [0.2, 0.25) is 0 Å². The molecule has 0 saturated carbocycles. The molecule has 4 aromatic rings. The Bertz CT molecular complexity index is 816. The Hall–Kier alpha value is -2.60. The van der Waals surface area contributed by atoms with Crippen molar-refractivity contribution < 1.29 is 0 Å². The number of fused-ring (bicyclic) bond motifs is 2. The minimum atomic E-state index is 1.33. The van der Waals surface area contributed by atoms with Crippen LogP contribution in [0.5, 0.6) is 0 Å². The molecule has 0 aliphatic rings. The fourth-order valence-corrected chi connectivity index (χ4v) is 2.77. The summed E-state index contributed by atoms with van der Waals surface area (Å²) in [6.45, 7) is 4.28. The number of rotatable bonds is 0. The molecule has 22 heavy (non-hydrogen) atoms. The van der Waals surface area contributed by atoms with Crippen LogP contribution in [0.3, 0.4) is 0 Å². The predicted molar refractivity (Wildman–Crippen MR) is 97.4 cm³/mol. The molecule has 0 heteroatoms. The van der Waals surface area contributed by atoms with Gasteiger partial charge in [-0.1, -0.05) is 84.9 Å². The molecule has 0 spiro atoms. The second-order valence-electron chi connectivity index (χ2n) is 5.59. The van der Waals surface area contributed by atoms with Gasteiger partial charge in [-0.15, -0.1) is 0 Å². The molecule has 0 saturated heterocycles. The van der Waals surface area contributed by atoms with E-state index in [1.807, 2.05) is 0 Å².